The van der Waals surface area contributed by atoms with E-state index < -0.39 is 40.5 Å². The first kappa shape index (κ1) is 33.1. The van der Waals surface area contributed by atoms with E-state index in [4.69, 9.17) is 0 Å². The van der Waals surface area contributed by atoms with Crippen molar-refractivity contribution in [1.82, 2.24) is 0 Å². The number of hydrogen-bond donors (Lipinski definition) is 4. The Balaban J connectivity index is 1.83. The molecule has 0 radical (unpaired) electrons. The van der Waals surface area contributed by atoms with Crippen LogP contribution in [0.2, 0.25) is 0 Å². The highest BCUT2D eigenvalue weighted by Gasteiger charge is 2.20. The molecule has 0 heterocycles. The minimum absolute atomic E-state index is 0.369. The Bertz CT molecular complexity index is 2060. The van der Waals surface area contributed by atoms with Crippen molar-refractivity contribution < 1.29 is 51.9 Å². The summed E-state index contributed by atoms with van der Waals surface area (Å²) in [5.74, 6) is 0. The van der Waals surface area contributed by atoms with Crippen LogP contribution in [-0.4, -0.2) is 51.9 Å². The Morgan fingerprint density at radius 2 is 0.435 bits per heavy atom. The molecule has 0 unspecified atom stereocenters. The fourth-order valence-corrected chi connectivity index (χ4v) is 6.70. The number of hydrogen-bond acceptors (Lipinski definition) is 8. The van der Waals surface area contributed by atoms with E-state index in [1.165, 1.54) is 97.1 Å². The molecule has 0 amide bonds. The molecule has 0 fully saturated rings. The van der Waals surface area contributed by atoms with Crippen LogP contribution in [0.15, 0.2) is 129 Å². The normalized spacial score (nSPS) is 12.6. The second-order valence-corrected chi connectivity index (χ2v) is 15.6. The molecular formula is C30H22O12S4. The van der Waals surface area contributed by atoms with Gasteiger partial charge in [0.15, 0.2) is 0 Å². The molecule has 12 nitrogen and oxygen atoms in total. The maximum absolute atomic E-state index is 11.7. The molecule has 0 spiro atoms. The molecular weight excluding hydrogens is 681 g/mol. The fraction of sp³-hybridized carbons (Fsp3) is 0. The molecule has 5 aromatic rings. The molecule has 0 saturated carbocycles. The van der Waals surface area contributed by atoms with E-state index in [0.717, 1.165) is 0 Å². The van der Waals surface area contributed by atoms with Gasteiger partial charge >= 0.3 is 0 Å². The predicted molar refractivity (Wildman–Crippen MR) is 167 cm³/mol. The average Bonchev–Trinajstić information content (AvgIpc) is 2.99. The highest BCUT2D eigenvalue weighted by molar-refractivity contribution is 7.86. The van der Waals surface area contributed by atoms with E-state index in [1.54, 1.807) is 12.1 Å². The summed E-state index contributed by atoms with van der Waals surface area (Å²) in [7, 11) is -18.1. The van der Waals surface area contributed by atoms with Crippen LogP contribution in [0.25, 0.3) is 44.5 Å². The molecule has 0 aliphatic rings. The molecule has 0 aliphatic carbocycles. The highest BCUT2D eigenvalue weighted by Crippen LogP contribution is 2.43. The first-order valence-electron chi connectivity index (χ1n) is 12.8. The monoisotopic (exact) mass is 702 g/mol. The van der Waals surface area contributed by atoms with Crippen molar-refractivity contribution in [1.29, 1.82) is 0 Å². The van der Waals surface area contributed by atoms with Crippen LogP contribution >= 0.6 is 0 Å². The van der Waals surface area contributed by atoms with Gasteiger partial charge in [-0.3, -0.25) is 18.2 Å². The Hall–Kier alpha value is -4.26. The third-order valence-corrected chi connectivity index (χ3v) is 10.5. The number of rotatable bonds is 8. The number of benzene rings is 5. The standard InChI is InChI=1S/C30H22O12S4/c31-43(32,33)23-9-1-19(2-10-23)27-17-29(21-5-13-25(14-6-21)45(37,38)39)30(22-7-15-26(16-8-22)46(40,41)42)18-28(27)20-3-11-24(12-4-20)44(34,35)36/h1-18H,(H,31,32,33)(H,34,35,36)(H,37,38,39)(H,40,41,42). The molecule has 5 aromatic carbocycles. The summed E-state index contributed by atoms with van der Waals surface area (Å²) in [4.78, 5) is -1.47. The highest BCUT2D eigenvalue weighted by atomic mass is 32.2. The van der Waals surface area contributed by atoms with Crippen molar-refractivity contribution in [2.45, 2.75) is 19.6 Å². The minimum Gasteiger partial charge on any atom is -0.282 e. The van der Waals surface area contributed by atoms with E-state index in [9.17, 15) is 51.9 Å². The molecule has 238 valence electrons. The van der Waals surface area contributed by atoms with Crippen molar-refractivity contribution in [2.24, 2.45) is 0 Å². The molecule has 46 heavy (non-hydrogen) atoms. The molecule has 0 atom stereocenters. The molecule has 0 aliphatic heterocycles. The summed E-state index contributed by atoms with van der Waals surface area (Å²) in [6, 6.07) is 24.2. The lowest BCUT2D eigenvalue weighted by molar-refractivity contribution is 0.481. The van der Waals surface area contributed by atoms with Gasteiger partial charge in [-0.15, -0.1) is 0 Å². The summed E-state index contributed by atoms with van der Waals surface area (Å²) in [6.07, 6.45) is 0. The molecule has 0 bridgehead atoms. The topological polar surface area (TPSA) is 217 Å². The van der Waals surface area contributed by atoms with Gasteiger partial charge in [0.05, 0.1) is 19.6 Å². The maximum atomic E-state index is 11.7. The van der Waals surface area contributed by atoms with Crippen molar-refractivity contribution >= 4 is 40.5 Å². The zero-order valence-electron chi connectivity index (χ0n) is 23.1. The van der Waals surface area contributed by atoms with E-state index >= 15 is 0 Å². The SMILES string of the molecule is O=S(=O)(O)c1ccc(-c2cc(-c3ccc(S(=O)(=O)O)cc3)c(-c3ccc(S(=O)(=O)O)cc3)cc2-c2ccc(S(=O)(=O)O)cc2)cc1. The van der Waals surface area contributed by atoms with E-state index in [2.05, 4.69) is 0 Å². The molecule has 0 saturated heterocycles. The smallest absolute Gasteiger partial charge is 0.282 e. The van der Waals surface area contributed by atoms with Crippen molar-refractivity contribution in [3.05, 3.63) is 109 Å². The van der Waals surface area contributed by atoms with Gasteiger partial charge in [0.1, 0.15) is 0 Å². The minimum atomic E-state index is -4.52. The van der Waals surface area contributed by atoms with Gasteiger partial charge in [-0.2, -0.15) is 33.7 Å². The zero-order chi connectivity index (χ0) is 33.7. The van der Waals surface area contributed by atoms with Gasteiger partial charge in [-0.25, -0.2) is 0 Å². The van der Waals surface area contributed by atoms with Crippen LogP contribution in [0.4, 0.5) is 0 Å². The van der Waals surface area contributed by atoms with Crippen LogP contribution in [0, 0.1) is 0 Å². The molecule has 5 rings (SSSR count). The summed E-state index contributed by atoms with van der Waals surface area (Å²) in [5, 5.41) is 0. The van der Waals surface area contributed by atoms with E-state index in [-0.39, 0.29) is 19.6 Å². The van der Waals surface area contributed by atoms with E-state index in [1.807, 2.05) is 0 Å². The van der Waals surface area contributed by atoms with Crippen molar-refractivity contribution in [2.75, 3.05) is 0 Å². The van der Waals surface area contributed by atoms with Gasteiger partial charge in [0.25, 0.3) is 40.5 Å². The molecule has 16 heteroatoms. The molecule has 0 aromatic heterocycles. The predicted octanol–water partition coefficient (Wildman–Crippen LogP) is 5.34. The van der Waals surface area contributed by atoms with Gasteiger partial charge in [0, 0.05) is 0 Å². The maximum Gasteiger partial charge on any atom is 0.294 e. The van der Waals surface area contributed by atoms with E-state index in [0.29, 0.717) is 44.5 Å². The Morgan fingerprint density at radius 1 is 0.283 bits per heavy atom. The largest absolute Gasteiger partial charge is 0.294 e. The third kappa shape index (κ3) is 7.09. The van der Waals surface area contributed by atoms with Gasteiger partial charge in [0.2, 0.25) is 0 Å². The lowest BCUT2D eigenvalue weighted by Crippen LogP contribution is -1.99. The third-order valence-electron chi connectivity index (χ3n) is 7.01. The van der Waals surface area contributed by atoms with Crippen LogP contribution in [0.3, 0.4) is 0 Å². The fourth-order valence-electron chi connectivity index (χ4n) is 4.78. The van der Waals surface area contributed by atoms with Crippen molar-refractivity contribution in [3.63, 3.8) is 0 Å². The van der Waals surface area contributed by atoms with Crippen LogP contribution < -0.4 is 0 Å². The quantitative estimate of drug-likeness (QED) is 0.151. The average molecular weight is 703 g/mol. The summed E-state index contributed by atoms with van der Waals surface area (Å²) in [6.45, 7) is 0. The Kier molecular flexibility index (Phi) is 8.52. The van der Waals surface area contributed by atoms with Crippen molar-refractivity contribution in [3.8, 4) is 44.5 Å². The Labute approximate surface area is 264 Å². The van der Waals surface area contributed by atoms with Gasteiger partial charge < -0.3 is 0 Å². The van der Waals surface area contributed by atoms with Crippen LogP contribution in [0.5, 0.6) is 0 Å². The summed E-state index contributed by atoms with van der Waals surface area (Å²) >= 11 is 0. The first-order valence-corrected chi connectivity index (χ1v) is 18.6. The lowest BCUT2D eigenvalue weighted by Gasteiger charge is -2.19. The van der Waals surface area contributed by atoms with Crippen LogP contribution in [-0.2, 0) is 40.5 Å². The molecule has 4 N–H and O–H groups in total. The first-order chi connectivity index (χ1) is 21.3. The van der Waals surface area contributed by atoms with Crippen LogP contribution in [0.1, 0.15) is 0 Å². The summed E-state index contributed by atoms with van der Waals surface area (Å²) < 4.78 is 131. The van der Waals surface area contributed by atoms with Gasteiger partial charge in [-0.1, -0.05) is 48.5 Å². The summed E-state index contributed by atoms with van der Waals surface area (Å²) in [5.41, 5.74) is 3.66. The second-order valence-electron chi connectivity index (χ2n) is 9.94. The second kappa shape index (κ2) is 11.8. The Morgan fingerprint density at radius 3 is 0.565 bits per heavy atom. The zero-order valence-corrected chi connectivity index (χ0v) is 26.3. The van der Waals surface area contributed by atoms with Gasteiger partial charge in [-0.05, 0) is 105 Å². The lowest BCUT2D eigenvalue weighted by atomic mass is 9.85.